The molecule has 2 aliphatic carbocycles. The molecule has 0 amide bonds. The summed E-state index contributed by atoms with van der Waals surface area (Å²) in [4.78, 5) is 2.54. The van der Waals surface area contributed by atoms with Crippen molar-refractivity contribution in [1.29, 1.82) is 0 Å². The molecule has 288 valence electrons. The topological polar surface area (TPSA) is 3.24 Å². The number of rotatable bonds is 5. The van der Waals surface area contributed by atoms with E-state index in [4.69, 9.17) is 0 Å². The number of nitrogens with zero attached hydrogens (tertiary/aromatic N) is 1. The highest BCUT2D eigenvalue weighted by molar-refractivity contribution is 6.28. The normalized spacial score (nSPS) is 13.0. The first kappa shape index (κ1) is 34.8. The molecule has 1 nitrogen and oxygen atoms in total. The van der Waals surface area contributed by atoms with Gasteiger partial charge < -0.3 is 4.90 Å². The van der Waals surface area contributed by atoms with E-state index in [0.29, 0.717) is 0 Å². The Labute approximate surface area is 361 Å². The average Bonchev–Trinajstić information content (AvgIpc) is 3.82. The third kappa shape index (κ3) is 4.85. The van der Waals surface area contributed by atoms with E-state index in [-0.39, 0.29) is 0 Å². The summed E-state index contributed by atoms with van der Waals surface area (Å²) in [6.45, 7) is 0. The van der Waals surface area contributed by atoms with Gasteiger partial charge >= 0.3 is 0 Å². The number of anilines is 3. The smallest absolute Gasteiger partial charge is 0.0726 e. The van der Waals surface area contributed by atoms with Crippen LogP contribution in [0.4, 0.5) is 17.1 Å². The van der Waals surface area contributed by atoms with Crippen LogP contribution >= 0.6 is 0 Å². The molecular weight excluding hydrogens is 747 g/mol. The lowest BCUT2D eigenvalue weighted by molar-refractivity contribution is 0.793. The summed E-state index contributed by atoms with van der Waals surface area (Å²) in [5.74, 6) is 0. The molecule has 1 heteroatoms. The lowest BCUT2D eigenvalue weighted by Crippen LogP contribution is -2.26. The van der Waals surface area contributed by atoms with Crippen LogP contribution in [0.5, 0.6) is 0 Å². The summed E-state index contributed by atoms with van der Waals surface area (Å²) in [5.41, 5.74) is 18.2. The van der Waals surface area contributed by atoms with Crippen molar-refractivity contribution in [2.75, 3.05) is 4.90 Å². The molecule has 0 N–H and O–H groups in total. The highest BCUT2D eigenvalue weighted by atomic mass is 15.1. The zero-order valence-corrected chi connectivity index (χ0v) is 34.0. The second-order valence-corrected chi connectivity index (χ2v) is 16.7. The average molecular weight is 786 g/mol. The summed E-state index contributed by atoms with van der Waals surface area (Å²) >= 11 is 0. The van der Waals surface area contributed by atoms with Crippen molar-refractivity contribution in [1.82, 2.24) is 0 Å². The lowest BCUT2D eigenvalue weighted by Gasteiger charge is -2.33. The fourth-order valence-electron chi connectivity index (χ4n) is 11.2. The van der Waals surface area contributed by atoms with Gasteiger partial charge in [-0.25, -0.2) is 0 Å². The quantitative estimate of drug-likeness (QED) is 0.157. The van der Waals surface area contributed by atoms with Gasteiger partial charge in [-0.1, -0.05) is 206 Å². The second-order valence-electron chi connectivity index (χ2n) is 16.7. The predicted octanol–water partition coefficient (Wildman–Crippen LogP) is 16.3. The molecule has 1 spiro atoms. The van der Waals surface area contributed by atoms with Crippen LogP contribution in [0, 0.1) is 0 Å². The zero-order valence-electron chi connectivity index (χ0n) is 34.0. The molecule has 2 aliphatic rings. The summed E-state index contributed by atoms with van der Waals surface area (Å²) in [6.07, 6.45) is 0. The van der Waals surface area contributed by atoms with Crippen LogP contribution in [0.1, 0.15) is 22.3 Å². The SMILES string of the molecule is c1ccc(-c2ccc(N(c3ccc4c(c3)C3(c5ccccc5-c5ccccc53)c3ccccc3-4)c3cccc4c5ccccc5c5ccccc5c34)cc2-c2ccccc2)cc1. The highest BCUT2D eigenvalue weighted by Gasteiger charge is 2.51. The molecule has 62 heavy (non-hydrogen) atoms. The molecule has 0 fully saturated rings. The molecule has 0 aromatic heterocycles. The van der Waals surface area contributed by atoms with E-state index in [1.54, 1.807) is 0 Å². The standard InChI is InChI=1S/C61H39N/c1-3-18-40(19-4-1)44-36-34-42(38-54(44)41-20-5-2-6-21-41)62(59-33-17-29-53-47-23-8-7-22-45(47)46-24-9-10-28-52(46)60(53)59)43-35-37-51-50-27-13-16-32-57(50)61(58(51)39-43)55-30-14-11-25-48(55)49-26-12-15-31-56(49)61/h1-39H. The Morgan fingerprint density at radius 2 is 0.661 bits per heavy atom. The molecule has 0 aliphatic heterocycles. The predicted molar refractivity (Wildman–Crippen MR) is 261 cm³/mol. The lowest BCUT2D eigenvalue weighted by atomic mass is 9.70. The molecule has 0 atom stereocenters. The first-order valence-corrected chi connectivity index (χ1v) is 21.6. The Kier molecular flexibility index (Phi) is 7.59. The van der Waals surface area contributed by atoms with Gasteiger partial charge in [0.2, 0.25) is 0 Å². The van der Waals surface area contributed by atoms with E-state index in [1.807, 2.05) is 0 Å². The molecular formula is C61H39N. The Bertz CT molecular complexity index is 3470. The number of hydrogen-bond donors (Lipinski definition) is 0. The minimum Gasteiger partial charge on any atom is -0.310 e. The van der Waals surface area contributed by atoms with E-state index in [9.17, 15) is 0 Å². The molecule has 0 saturated heterocycles. The molecule has 0 unspecified atom stereocenters. The van der Waals surface area contributed by atoms with E-state index < -0.39 is 5.41 Å². The molecule has 0 heterocycles. The monoisotopic (exact) mass is 785 g/mol. The maximum absolute atomic E-state index is 2.54. The number of fused-ring (bicyclic) bond motifs is 16. The molecule has 13 rings (SSSR count). The van der Waals surface area contributed by atoms with Crippen LogP contribution in [0.25, 0.3) is 76.8 Å². The molecule has 0 saturated carbocycles. The first-order valence-electron chi connectivity index (χ1n) is 21.6. The van der Waals surface area contributed by atoms with Gasteiger partial charge in [0, 0.05) is 16.8 Å². The van der Waals surface area contributed by atoms with Gasteiger partial charge in [-0.3, -0.25) is 0 Å². The first-order chi connectivity index (χ1) is 30.8. The molecule has 0 bridgehead atoms. The fourth-order valence-corrected chi connectivity index (χ4v) is 11.2. The summed E-state index contributed by atoms with van der Waals surface area (Å²) in [6, 6.07) is 87.9. The maximum atomic E-state index is 2.54. The van der Waals surface area contributed by atoms with E-state index in [2.05, 4.69) is 241 Å². The second kappa shape index (κ2) is 13.5. The minimum absolute atomic E-state index is 0.463. The third-order valence-corrected chi connectivity index (χ3v) is 13.7. The van der Waals surface area contributed by atoms with Gasteiger partial charge in [-0.15, -0.1) is 0 Å². The zero-order chi connectivity index (χ0) is 40.8. The van der Waals surface area contributed by atoms with Gasteiger partial charge in [-0.2, -0.15) is 0 Å². The molecule has 11 aromatic rings. The summed E-state index contributed by atoms with van der Waals surface area (Å²) < 4.78 is 0. The Hall–Kier alpha value is -8.00. The third-order valence-electron chi connectivity index (χ3n) is 13.7. The Morgan fingerprint density at radius 3 is 1.23 bits per heavy atom. The van der Waals surface area contributed by atoms with Crippen LogP contribution in [0.3, 0.4) is 0 Å². The van der Waals surface area contributed by atoms with E-state index in [0.717, 1.165) is 17.1 Å². The van der Waals surface area contributed by atoms with Crippen LogP contribution in [-0.2, 0) is 5.41 Å². The van der Waals surface area contributed by atoms with Gasteiger partial charge in [-0.05, 0) is 124 Å². The van der Waals surface area contributed by atoms with E-state index >= 15 is 0 Å². The number of benzene rings is 11. The van der Waals surface area contributed by atoms with Gasteiger partial charge in [0.1, 0.15) is 0 Å². The van der Waals surface area contributed by atoms with Crippen LogP contribution in [-0.4, -0.2) is 0 Å². The van der Waals surface area contributed by atoms with Gasteiger partial charge in [0.15, 0.2) is 0 Å². The minimum atomic E-state index is -0.463. The summed E-state index contributed by atoms with van der Waals surface area (Å²) in [7, 11) is 0. The fraction of sp³-hybridized carbons (Fsp3) is 0.0164. The largest absolute Gasteiger partial charge is 0.310 e. The van der Waals surface area contributed by atoms with Crippen molar-refractivity contribution in [3.8, 4) is 44.5 Å². The highest BCUT2D eigenvalue weighted by Crippen LogP contribution is 2.63. The molecule has 11 aromatic carbocycles. The van der Waals surface area contributed by atoms with E-state index in [1.165, 1.54) is 99.1 Å². The summed E-state index contributed by atoms with van der Waals surface area (Å²) in [5, 5.41) is 7.52. The van der Waals surface area contributed by atoms with Crippen LogP contribution < -0.4 is 4.90 Å². The van der Waals surface area contributed by atoms with Crippen molar-refractivity contribution < 1.29 is 0 Å². The van der Waals surface area contributed by atoms with Crippen molar-refractivity contribution >= 4 is 49.4 Å². The van der Waals surface area contributed by atoms with Crippen molar-refractivity contribution in [2.24, 2.45) is 0 Å². The Morgan fingerprint density at radius 1 is 0.258 bits per heavy atom. The van der Waals surface area contributed by atoms with Crippen molar-refractivity contribution in [2.45, 2.75) is 5.41 Å². The van der Waals surface area contributed by atoms with Crippen LogP contribution in [0.15, 0.2) is 237 Å². The molecule has 0 radical (unpaired) electrons. The van der Waals surface area contributed by atoms with Crippen molar-refractivity contribution in [3.05, 3.63) is 259 Å². The van der Waals surface area contributed by atoms with Crippen LogP contribution in [0.2, 0.25) is 0 Å². The number of hydrogen-bond acceptors (Lipinski definition) is 1. The Balaban J connectivity index is 1.14. The maximum Gasteiger partial charge on any atom is 0.0726 e. The van der Waals surface area contributed by atoms with Crippen molar-refractivity contribution in [3.63, 3.8) is 0 Å². The van der Waals surface area contributed by atoms with Gasteiger partial charge in [0.05, 0.1) is 11.1 Å². The van der Waals surface area contributed by atoms with Gasteiger partial charge in [0.25, 0.3) is 0 Å².